The maximum absolute atomic E-state index is 12.6. The van der Waals surface area contributed by atoms with Crippen molar-refractivity contribution in [1.29, 1.82) is 0 Å². The summed E-state index contributed by atoms with van der Waals surface area (Å²) in [7, 11) is 0. The smallest absolute Gasteiger partial charge is 0.353 e. The van der Waals surface area contributed by atoms with Crippen molar-refractivity contribution in [3.05, 3.63) is 33.9 Å². The van der Waals surface area contributed by atoms with Gasteiger partial charge in [0.15, 0.2) is 0 Å². The number of β-lactam (4-membered cyclic amide) rings is 1. The fraction of sp³-hybridized carbons (Fsp3) is 0.609. The number of rotatable bonds is 7. The summed E-state index contributed by atoms with van der Waals surface area (Å²) in [4.78, 5) is 41.2. The minimum atomic E-state index is -1.12. The number of aliphatic carboxylic acids is 1. The molecule has 4 aliphatic rings. The van der Waals surface area contributed by atoms with E-state index >= 15 is 0 Å². The number of allylic oxidation sites excluding steroid dienone is 3. The van der Waals surface area contributed by atoms with E-state index in [9.17, 15) is 24.6 Å². The monoisotopic (exact) mass is 480 g/mol. The molecule has 0 aromatic rings. The SMILES string of the molecule is CC(=O)C1CC(SC2=C(C(=O)O)N3C(=O)C(C(C)O)C3C2C)CN1CC1CC=CC=C1Cl. The number of thioether (sulfide) groups is 1. The zero-order chi connectivity index (χ0) is 23.3. The Bertz CT molecular complexity index is 929. The van der Waals surface area contributed by atoms with Crippen molar-refractivity contribution in [3.63, 3.8) is 0 Å². The fourth-order valence-corrected chi connectivity index (χ4v) is 7.31. The summed E-state index contributed by atoms with van der Waals surface area (Å²) in [5, 5.41) is 20.7. The molecule has 0 spiro atoms. The van der Waals surface area contributed by atoms with Crippen LogP contribution in [0.4, 0.5) is 0 Å². The molecule has 3 heterocycles. The molecule has 2 saturated heterocycles. The second-order valence-corrected chi connectivity index (χ2v) is 11.0. The number of carbonyl (C=O) groups is 3. The second kappa shape index (κ2) is 8.97. The van der Waals surface area contributed by atoms with E-state index in [-0.39, 0.29) is 46.6 Å². The number of ketones is 1. The van der Waals surface area contributed by atoms with Gasteiger partial charge >= 0.3 is 5.97 Å². The van der Waals surface area contributed by atoms with Crippen molar-refractivity contribution in [2.24, 2.45) is 17.8 Å². The minimum absolute atomic E-state index is 0.0376. The summed E-state index contributed by atoms with van der Waals surface area (Å²) in [6, 6.07) is -0.549. The molecule has 0 radical (unpaired) electrons. The van der Waals surface area contributed by atoms with E-state index in [2.05, 4.69) is 11.0 Å². The Balaban J connectivity index is 1.52. The number of carboxylic acids is 1. The number of Topliss-reactive ketones (excluding diaryl/α,β-unsaturated/α-hetero) is 1. The average molecular weight is 481 g/mol. The van der Waals surface area contributed by atoms with Crippen molar-refractivity contribution in [2.75, 3.05) is 13.1 Å². The summed E-state index contributed by atoms with van der Waals surface area (Å²) in [5.41, 5.74) is 0.0376. The van der Waals surface area contributed by atoms with Gasteiger partial charge in [-0.1, -0.05) is 30.7 Å². The van der Waals surface area contributed by atoms with Gasteiger partial charge in [-0.05, 0) is 32.8 Å². The summed E-state index contributed by atoms with van der Waals surface area (Å²) in [6.07, 6.45) is 6.55. The minimum Gasteiger partial charge on any atom is -0.477 e. The van der Waals surface area contributed by atoms with E-state index in [0.29, 0.717) is 24.4 Å². The van der Waals surface area contributed by atoms with E-state index in [4.69, 9.17) is 11.6 Å². The number of hydrogen-bond donors (Lipinski definition) is 2. The molecule has 0 aromatic carbocycles. The first-order valence-corrected chi connectivity index (χ1v) is 12.3. The number of aliphatic hydroxyl groups is 1. The highest BCUT2D eigenvalue weighted by molar-refractivity contribution is 8.03. The van der Waals surface area contributed by atoms with Gasteiger partial charge in [0.05, 0.1) is 24.1 Å². The molecule has 174 valence electrons. The summed E-state index contributed by atoms with van der Waals surface area (Å²) in [6.45, 7) is 6.43. The Morgan fingerprint density at radius 3 is 2.69 bits per heavy atom. The van der Waals surface area contributed by atoms with E-state index in [0.717, 1.165) is 11.5 Å². The number of carbonyl (C=O) groups excluding carboxylic acids is 2. The molecule has 1 amide bonds. The normalized spacial score (nSPS) is 35.6. The first kappa shape index (κ1) is 23.5. The summed E-state index contributed by atoms with van der Waals surface area (Å²) in [5.74, 6) is -1.95. The number of aliphatic hydroxyl groups excluding tert-OH is 1. The van der Waals surface area contributed by atoms with Gasteiger partial charge in [0, 0.05) is 40.1 Å². The van der Waals surface area contributed by atoms with Crippen LogP contribution < -0.4 is 0 Å². The molecule has 0 aromatic heterocycles. The zero-order valence-electron chi connectivity index (χ0n) is 18.4. The van der Waals surface area contributed by atoms with Crippen molar-refractivity contribution in [1.82, 2.24) is 9.80 Å². The third kappa shape index (κ3) is 3.95. The summed E-state index contributed by atoms with van der Waals surface area (Å²) >= 11 is 7.87. The lowest BCUT2D eigenvalue weighted by molar-refractivity contribution is -0.163. The topological polar surface area (TPSA) is 98.2 Å². The van der Waals surface area contributed by atoms with Crippen LogP contribution in [0.5, 0.6) is 0 Å². The van der Waals surface area contributed by atoms with Crippen LogP contribution in [0.2, 0.25) is 0 Å². The quantitative estimate of drug-likeness (QED) is 0.540. The van der Waals surface area contributed by atoms with Crippen LogP contribution in [-0.2, 0) is 14.4 Å². The van der Waals surface area contributed by atoms with Crippen LogP contribution >= 0.6 is 23.4 Å². The molecule has 3 aliphatic heterocycles. The van der Waals surface area contributed by atoms with Gasteiger partial charge in [-0.15, -0.1) is 11.8 Å². The first-order chi connectivity index (χ1) is 15.1. The largest absolute Gasteiger partial charge is 0.477 e. The van der Waals surface area contributed by atoms with E-state index in [1.54, 1.807) is 13.8 Å². The zero-order valence-corrected chi connectivity index (χ0v) is 20.0. The van der Waals surface area contributed by atoms with Crippen molar-refractivity contribution >= 4 is 41.0 Å². The maximum Gasteiger partial charge on any atom is 0.353 e. The fourth-order valence-electron chi connectivity index (χ4n) is 5.53. The number of nitrogens with zero attached hydrogens (tertiary/aromatic N) is 2. The van der Waals surface area contributed by atoms with Crippen LogP contribution in [0.1, 0.15) is 33.6 Å². The number of likely N-dealkylation sites (tertiary alicyclic amines) is 1. The Morgan fingerprint density at radius 1 is 1.38 bits per heavy atom. The van der Waals surface area contributed by atoms with Gasteiger partial charge in [-0.25, -0.2) is 4.79 Å². The highest BCUT2D eigenvalue weighted by Gasteiger charge is 2.60. The Kier molecular flexibility index (Phi) is 6.60. The van der Waals surface area contributed by atoms with Gasteiger partial charge in [-0.2, -0.15) is 0 Å². The Hall–Kier alpha value is -1.61. The van der Waals surface area contributed by atoms with Crippen molar-refractivity contribution in [3.8, 4) is 0 Å². The molecule has 4 rings (SSSR count). The lowest BCUT2D eigenvalue weighted by Crippen LogP contribution is -2.63. The highest BCUT2D eigenvalue weighted by Crippen LogP contribution is 2.52. The van der Waals surface area contributed by atoms with Crippen LogP contribution in [-0.4, -0.2) is 74.2 Å². The second-order valence-electron chi connectivity index (χ2n) is 9.24. The molecular weight excluding hydrogens is 452 g/mol. The van der Waals surface area contributed by atoms with Gasteiger partial charge in [0.1, 0.15) is 11.5 Å². The lowest BCUT2D eigenvalue weighted by Gasteiger charge is -2.46. The molecule has 7 atom stereocenters. The standard InChI is InChI=1S/C23H29ClN2O5S/c1-11-19-18(13(3)28)22(29)26(19)20(23(30)31)21(11)32-15-8-17(12(2)27)25(10-15)9-14-6-4-5-7-16(14)24/h4-5,7,11,13-15,17-19,28H,6,8-10H2,1-3H3,(H,30,31). The number of fused-ring (bicyclic) bond motifs is 1. The molecule has 9 heteroatoms. The Labute approximate surface area is 197 Å². The van der Waals surface area contributed by atoms with E-state index in [1.807, 2.05) is 19.1 Å². The van der Waals surface area contributed by atoms with Gasteiger partial charge < -0.3 is 15.1 Å². The highest BCUT2D eigenvalue weighted by atomic mass is 35.5. The molecular formula is C23H29ClN2O5S. The van der Waals surface area contributed by atoms with Crippen LogP contribution in [0.25, 0.3) is 0 Å². The van der Waals surface area contributed by atoms with Crippen LogP contribution in [0, 0.1) is 17.8 Å². The number of carboxylic acid groups (broad SMARTS) is 1. The van der Waals surface area contributed by atoms with Gasteiger partial charge in [0.2, 0.25) is 5.91 Å². The molecule has 1 aliphatic carbocycles. The number of amides is 1. The predicted octanol–water partition coefficient (Wildman–Crippen LogP) is 2.60. The molecule has 0 saturated carbocycles. The number of hydrogen-bond acceptors (Lipinski definition) is 6. The summed E-state index contributed by atoms with van der Waals surface area (Å²) < 4.78 is 0. The van der Waals surface area contributed by atoms with Crippen molar-refractivity contribution < 1.29 is 24.6 Å². The van der Waals surface area contributed by atoms with Crippen LogP contribution in [0.3, 0.4) is 0 Å². The predicted molar refractivity (Wildman–Crippen MR) is 123 cm³/mol. The van der Waals surface area contributed by atoms with Crippen LogP contribution in [0.15, 0.2) is 33.9 Å². The first-order valence-electron chi connectivity index (χ1n) is 11.0. The van der Waals surface area contributed by atoms with Gasteiger partial charge in [0.25, 0.3) is 0 Å². The molecule has 0 bridgehead atoms. The lowest BCUT2D eigenvalue weighted by atomic mass is 9.79. The number of halogens is 1. The molecule has 2 N–H and O–H groups in total. The Morgan fingerprint density at radius 2 is 2.09 bits per heavy atom. The third-order valence-corrected chi connectivity index (χ3v) is 9.02. The van der Waals surface area contributed by atoms with Crippen molar-refractivity contribution in [2.45, 2.75) is 57.1 Å². The van der Waals surface area contributed by atoms with E-state index in [1.165, 1.54) is 16.7 Å². The van der Waals surface area contributed by atoms with E-state index < -0.39 is 18.0 Å². The third-order valence-electron chi connectivity index (χ3n) is 7.10. The maximum atomic E-state index is 12.6. The molecule has 2 fully saturated rings. The molecule has 7 unspecified atom stereocenters. The molecule has 7 nitrogen and oxygen atoms in total. The molecule has 32 heavy (non-hydrogen) atoms. The van der Waals surface area contributed by atoms with Gasteiger partial charge in [-0.3, -0.25) is 14.5 Å². The average Bonchev–Trinajstić information content (AvgIpc) is 3.21.